The quantitative estimate of drug-likeness (QED) is 0.851. The summed E-state index contributed by atoms with van der Waals surface area (Å²) in [6.45, 7) is 4.05. The Morgan fingerprint density at radius 3 is 2.50 bits per heavy atom. The maximum Gasteiger partial charge on any atom is 0.0645 e. The molecule has 0 aliphatic heterocycles. The highest BCUT2D eigenvalue weighted by Crippen LogP contribution is 2.10. The molecule has 3 heteroatoms. The first-order valence-electron chi connectivity index (χ1n) is 5.51. The summed E-state index contributed by atoms with van der Waals surface area (Å²) in [5, 5.41) is 4.27. The maximum atomic E-state index is 5.76. The Morgan fingerprint density at radius 2 is 2.00 bits per heavy atom. The Morgan fingerprint density at radius 1 is 1.31 bits per heavy atom. The van der Waals surface area contributed by atoms with Gasteiger partial charge in [0.2, 0.25) is 0 Å². The van der Waals surface area contributed by atoms with Crippen molar-refractivity contribution in [2.45, 2.75) is 26.3 Å². The van der Waals surface area contributed by atoms with E-state index in [1.54, 1.807) is 0 Å². The predicted octanol–water partition coefficient (Wildman–Crippen LogP) is 2.07. The summed E-state index contributed by atoms with van der Waals surface area (Å²) in [6.07, 6.45) is 4.79. The van der Waals surface area contributed by atoms with Gasteiger partial charge >= 0.3 is 0 Å². The minimum absolute atomic E-state index is 0.206. The van der Waals surface area contributed by atoms with Gasteiger partial charge in [-0.1, -0.05) is 12.1 Å². The molecule has 84 valence electrons. The van der Waals surface area contributed by atoms with Crippen LogP contribution in [0.5, 0.6) is 0 Å². The van der Waals surface area contributed by atoms with Gasteiger partial charge < -0.3 is 5.73 Å². The number of aromatic nitrogens is 2. The van der Waals surface area contributed by atoms with Crippen molar-refractivity contribution in [2.24, 2.45) is 5.73 Å². The summed E-state index contributed by atoms with van der Waals surface area (Å²) >= 11 is 0. The molecule has 0 radical (unpaired) electrons. The van der Waals surface area contributed by atoms with Crippen molar-refractivity contribution in [3.05, 3.63) is 47.8 Å². The summed E-state index contributed by atoms with van der Waals surface area (Å²) in [6, 6.07) is 8.57. The van der Waals surface area contributed by atoms with E-state index in [9.17, 15) is 0 Å². The van der Waals surface area contributed by atoms with Crippen molar-refractivity contribution in [1.29, 1.82) is 0 Å². The summed E-state index contributed by atoms with van der Waals surface area (Å²) in [7, 11) is 0. The summed E-state index contributed by atoms with van der Waals surface area (Å²) in [5.74, 6) is 0. The van der Waals surface area contributed by atoms with E-state index < -0.39 is 0 Å². The smallest absolute Gasteiger partial charge is 0.0645 e. The monoisotopic (exact) mass is 215 g/mol. The molecule has 1 aromatic carbocycles. The van der Waals surface area contributed by atoms with Crippen molar-refractivity contribution in [3.8, 4) is 5.69 Å². The van der Waals surface area contributed by atoms with Crippen LogP contribution in [0, 0.1) is 6.92 Å². The number of nitrogens with two attached hydrogens (primary N) is 1. The van der Waals surface area contributed by atoms with E-state index in [4.69, 9.17) is 5.73 Å². The average molecular weight is 215 g/mol. The Bertz CT molecular complexity index is 454. The molecule has 1 unspecified atom stereocenters. The van der Waals surface area contributed by atoms with Crippen LogP contribution in [0.4, 0.5) is 0 Å². The first-order valence-corrected chi connectivity index (χ1v) is 5.51. The second kappa shape index (κ2) is 4.49. The van der Waals surface area contributed by atoms with E-state index in [0.717, 1.165) is 12.1 Å². The largest absolute Gasteiger partial charge is 0.328 e. The lowest BCUT2D eigenvalue weighted by Crippen LogP contribution is -2.17. The van der Waals surface area contributed by atoms with Crippen molar-refractivity contribution >= 4 is 0 Å². The first-order chi connectivity index (χ1) is 7.65. The fraction of sp³-hybridized carbons (Fsp3) is 0.308. The van der Waals surface area contributed by atoms with Gasteiger partial charge in [0.25, 0.3) is 0 Å². The van der Waals surface area contributed by atoms with Gasteiger partial charge in [0.1, 0.15) is 0 Å². The molecule has 1 heterocycles. The van der Waals surface area contributed by atoms with Gasteiger partial charge in [-0.05, 0) is 43.5 Å². The molecule has 1 aromatic heterocycles. The first kappa shape index (κ1) is 10.9. The zero-order chi connectivity index (χ0) is 11.5. The van der Waals surface area contributed by atoms with E-state index in [-0.39, 0.29) is 6.04 Å². The summed E-state index contributed by atoms with van der Waals surface area (Å²) in [5.41, 5.74) is 9.28. The number of benzene rings is 1. The minimum Gasteiger partial charge on any atom is -0.328 e. The molecule has 16 heavy (non-hydrogen) atoms. The van der Waals surface area contributed by atoms with Crippen LogP contribution in [-0.4, -0.2) is 15.8 Å². The van der Waals surface area contributed by atoms with Gasteiger partial charge in [-0.25, -0.2) is 4.68 Å². The molecule has 0 bridgehead atoms. The van der Waals surface area contributed by atoms with Crippen LogP contribution in [0.25, 0.3) is 5.69 Å². The molecule has 0 amide bonds. The van der Waals surface area contributed by atoms with Crippen LogP contribution in [0.1, 0.15) is 18.1 Å². The number of aryl methyl sites for hydroxylation is 1. The SMILES string of the molecule is Cc1cnn(-c2ccc(CC(C)N)cc2)c1. The van der Waals surface area contributed by atoms with Gasteiger partial charge in [-0.3, -0.25) is 0 Å². The van der Waals surface area contributed by atoms with E-state index in [0.29, 0.717) is 0 Å². The van der Waals surface area contributed by atoms with Crippen LogP contribution in [0.2, 0.25) is 0 Å². The maximum absolute atomic E-state index is 5.76. The summed E-state index contributed by atoms with van der Waals surface area (Å²) < 4.78 is 1.88. The third kappa shape index (κ3) is 2.49. The number of nitrogens with zero attached hydrogens (tertiary/aromatic N) is 2. The van der Waals surface area contributed by atoms with Gasteiger partial charge in [0.05, 0.1) is 11.9 Å². The molecule has 0 aliphatic rings. The van der Waals surface area contributed by atoms with E-state index in [1.807, 2.05) is 30.9 Å². The molecule has 2 rings (SSSR count). The lowest BCUT2D eigenvalue weighted by atomic mass is 10.1. The zero-order valence-electron chi connectivity index (χ0n) is 9.72. The highest BCUT2D eigenvalue weighted by atomic mass is 15.3. The molecular weight excluding hydrogens is 198 g/mol. The van der Waals surface area contributed by atoms with Crippen molar-refractivity contribution in [2.75, 3.05) is 0 Å². The lowest BCUT2D eigenvalue weighted by Gasteiger charge is -2.06. The fourth-order valence-electron chi connectivity index (χ4n) is 1.71. The second-order valence-electron chi connectivity index (χ2n) is 4.31. The van der Waals surface area contributed by atoms with Crippen LogP contribution < -0.4 is 5.73 Å². The molecular formula is C13H17N3. The van der Waals surface area contributed by atoms with Crippen LogP contribution in [0.15, 0.2) is 36.7 Å². The van der Waals surface area contributed by atoms with Gasteiger partial charge in [-0.15, -0.1) is 0 Å². The average Bonchev–Trinajstić information content (AvgIpc) is 2.65. The standard InChI is InChI=1S/C13H17N3/c1-10-8-15-16(9-10)13-5-3-12(4-6-13)7-11(2)14/h3-6,8-9,11H,7,14H2,1-2H3. The predicted molar refractivity (Wildman–Crippen MR) is 65.7 cm³/mol. The topological polar surface area (TPSA) is 43.8 Å². The van der Waals surface area contributed by atoms with Crippen molar-refractivity contribution in [3.63, 3.8) is 0 Å². The van der Waals surface area contributed by atoms with Gasteiger partial charge in [0.15, 0.2) is 0 Å². The highest BCUT2D eigenvalue weighted by Gasteiger charge is 2.00. The van der Waals surface area contributed by atoms with Crippen molar-refractivity contribution in [1.82, 2.24) is 9.78 Å². The van der Waals surface area contributed by atoms with E-state index in [1.165, 1.54) is 11.1 Å². The normalized spacial score (nSPS) is 12.7. The van der Waals surface area contributed by atoms with Crippen LogP contribution in [-0.2, 0) is 6.42 Å². The van der Waals surface area contributed by atoms with Gasteiger partial charge in [0, 0.05) is 12.2 Å². The third-order valence-corrected chi connectivity index (χ3v) is 2.47. The fourth-order valence-corrected chi connectivity index (χ4v) is 1.71. The minimum atomic E-state index is 0.206. The van der Waals surface area contributed by atoms with Gasteiger partial charge in [-0.2, -0.15) is 5.10 Å². The Hall–Kier alpha value is -1.61. The second-order valence-corrected chi connectivity index (χ2v) is 4.31. The molecule has 0 saturated carbocycles. The molecule has 0 fully saturated rings. The Kier molecular flexibility index (Phi) is 3.06. The zero-order valence-corrected chi connectivity index (χ0v) is 9.72. The molecule has 1 atom stereocenters. The summed E-state index contributed by atoms with van der Waals surface area (Å²) in [4.78, 5) is 0. The Balaban J connectivity index is 2.19. The van der Waals surface area contributed by atoms with E-state index in [2.05, 4.69) is 29.4 Å². The third-order valence-electron chi connectivity index (χ3n) is 2.47. The van der Waals surface area contributed by atoms with E-state index >= 15 is 0 Å². The molecule has 2 aromatic rings. The number of hydrogen-bond acceptors (Lipinski definition) is 2. The molecule has 0 aliphatic carbocycles. The number of hydrogen-bond donors (Lipinski definition) is 1. The Labute approximate surface area is 95.9 Å². The lowest BCUT2D eigenvalue weighted by molar-refractivity contribution is 0.737. The molecule has 0 saturated heterocycles. The van der Waals surface area contributed by atoms with Crippen LogP contribution in [0.3, 0.4) is 0 Å². The molecule has 2 N–H and O–H groups in total. The van der Waals surface area contributed by atoms with Crippen LogP contribution >= 0.6 is 0 Å². The van der Waals surface area contributed by atoms with Crippen molar-refractivity contribution < 1.29 is 0 Å². The highest BCUT2D eigenvalue weighted by molar-refractivity contribution is 5.34. The molecule has 3 nitrogen and oxygen atoms in total. The molecule has 0 spiro atoms. The number of rotatable bonds is 3.